The molecular weight excluding hydrogens is 275 g/mol. The normalized spacial score (nSPS) is 11.7. The van der Waals surface area contributed by atoms with Gasteiger partial charge in [-0.2, -0.15) is 0 Å². The summed E-state index contributed by atoms with van der Waals surface area (Å²) < 4.78 is 23.5. The predicted molar refractivity (Wildman–Crippen MR) is 74.8 cm³/mol. The van der Waals surface area contributed by atoms with E-state index in [0.29, 0.717) is 5.56 Å². The maximum absolute atomic E-state index is 13.3. The fourth-order valence-electron chi connectivity index (χ4n) is 1.92. The SMILES string of the molecule is COC(=O)C(COc1ccccc1O)c1cccc(F)c1. The van der Waals surface area contributed by atoms with Crippen LogP contribution in [0.15, 0.2) is 48.5 Å². The largest absolute Gasteiger partial charge is 0.504 e. The molecule has 4 nitrogen and oxygen atoms in total. The number of aromatic hydroxyl groups is 1. The molecule has 0 heterocycles. The number of rotatable bonds is 5. The molecule has 5 heteroatoms. The fourth-order valence-corrected chi connectivity index (χ4v) is 1.92. The number of benzene rings is 2. The third kappa shape index (κ3) is 3.72. The van der Waals surface area contributed by atoms with E-state index < -0.39 is 17.7 Å². The van der Waals surface area contributed by atoms with Crippen LogP contribution in [0.5, 0.6) is 11.5 Å². The maximum Gasteiger partial charge on any atom is 0.316 e. The van der Waals surface area contributed by atoms with Crippen LogP contribution in [-0.4, -0.2) is 24.8 Å². The number of para-hydroxylation sites is 2. The Balaban J connectivity index is 2.18. The van der Waals surface area contributed by atoms with Crippen LogP contribution in [-0.2, 0) is 9.53 Å². The zero-order valence-corrected chi connectivity index (χ0v) is 11.5. The van der Waals surface area contributed by atoms with Gasteiger partial charge in [-0.05, 0) is 29.8 Å². The lowest BCUT2D eigenvalue weighted by molar-refractivity contribution is -0.143. The van der Waals surface area contributed by atoms with Crippen LogP contribution >= 0.6 is 0 Å². The van der Waals surface area contributed by atoms with Gasteiger partial charge in [0, 0.05) is 0 Å². The average molecular weight is 290 g/mol. The number of phenolic OH excluding ortho intramolecular Hbond substituents is 1. The van der Waals surface area contributed by atoms with E-state index in [1.54, 1.807) is 24.3 Å². The van der Waals surface area contributed by atoms with Crippen molar-refractivity contribution in [3.05, 3.63) is 59.9 Å². The van der Waals surface area contributed by atoms with Gasteiger partial charge < -0.3 is 14.6 Å². The summed E-state index contributed by atoms with van der Waals surface area (Å²) >= 11 is 0. The van der Waals surface area contributed by atoms with Gasteiger partial charge in [-0.15, -0.1) is 0 Å². The van der Waals surface area contributed by atoms with Gasteiger partial charge in [-0.1, -0.05) is 24.3 Å². The number of hydrogen-bond donors (Lipinski definition) is 1. The smallest absolute Gasteiger partial charge is 0.316 e. The van der Waals surface area contributed by atoms with Crippen molar-refractivity contribution in [3.8, 4) is 11.5 Å². The highest BCUT2D eigenvalue weighted by Crippen LogP contribution is 2.27. The third-order valence-electron chi connectivity index (χ3n) is 3.01. The minimum Gasteiger partial charge on any atom is -0.504 e. The lowest BCUT2D eigenvalue weighted by Gasteiger charge is -2.16. The van der Waals surface area contributed by atoms with Crippen molar-refractivity contribution in [2.24, 2.45) is 0 Å². The van der Waals surface area contributed by atoms with Gasteiger partial charge >= 0.3 is 5.97 Å². The number of ether oxygens (including phenoxy) is 2. The minimum absolute atomic E-state index is 0.0274. The monoisotopic (exact) mass is 290 g/mol. The van der Waals surface area contributed by atoms with Crippen molar-refractivity contribution in [1.29, 1.82) is 0 Å². The van der Waals surface area contributed by atoms with Gasteiger partial charge in [-0.25, -0.2) is 4.39 Å². The molecule has 0 saturated carbocycles. The Morgan fingerprint density at radius 2 is 2.00 bits per heavy atom. The first-order valence-corrected chi connectivity index (χ1v) is 6.36. The molecule has 1 unspecified atom stereocenters. The molecule has 1 N–H and O–H groups in total. The van der Waals surface area contributed by atoms with Crippen LogP contribution in [0.25, 0.3) is 0 Å². The van der Waals surface area contributed by atoms with Crippen LogP contribution in [0.3, 0.4) is 0 Å². The van der Waals surface area contributed by atoms with Crippen molar-refractivity contribution in [1.82, 2.24) is 0 Å². The lowest BCUT2D eigenvalue weighted by atomic mass is 10.00. The Kier molecular flexibility index (Phi) is 4.77. The highest BCUT2D eigenvalue weighted by atomic mass is 19.1. The molecule has 0 fully saturated rings. The summed E-state index contributed by atoms with van der Waals surface area (Å²) in [6.45, 7) is -0.0618. The molecule has 0 aromatic heterocycles. The molecule has 0 aliphatic carbocycles. The molecule has 0 bridgehead atoms. The third-order valence-corrected chi connectivity index (χ3v) is 3.01. The maximum atomic E-state index is 13.3. The summed E-state index contributed by atoms with van der Waals surface area (Å²) in [5.41, 5.74) is 0.456. The number of carbonyl (C=O) groups excluding carboxylic acids is 1. The van der Waals surface area contributed by atoms with E-state index in [-0.39, 0.29) is 18.1 Å². The number of esters is 1. The van der Waals surface area contributed by atoms with Crippen LogP contribution in [0.2, 0.25) is 0 Å². The first-order chi connectivity index (χ1) is 10.1. The molecule has 2 aromatic rings. The van der Waals surface area contributed by atoms with E-state index in [9.17, 15) is 14.3 Å². The Morgan fingerprint density at radius 3 is 2.67 bits per heavy atom. The van der Waals surface area contributed by atoms with Crippen LogP contribution in [0, 0.1) is 5.82 Å². The van der Waals surface area contributed by atoms with Gasteiger partial charge in [0.2, 0.25) is 0 Å². The first-order valence-electron chi connectivity index (χ1n) is 6.36. The van der Waals surface area contributed by atoms with Crippen LogP contribution in [0.1, 0.15) is 11.5 Å². The number of halogens is 1. The summed E-state index contributed by atoms with van der Waals surface area (Å²) in [5, 5.41) is 9.63. The molecule has 1 atom stereocenters. The fraction of sp³-hybridized carbons (Fsp3) is 0.188. The summed E-state index contributed by atoms with van der Waals surface area (Å²) in [6.07, 6.45) is 0. The van der Waals surface area contributed by atoms with Crippen LogP contribution < -0.4 is 4.74 Å². The number of carbonyl (C=O) groups is 1. The van der Waals surface area contributed by atoms with E-state index in [1.807, 2.05) is 0 Å². The van der Waals surface area contributed by atoms with E-state index in [2.05, 4.69) is 0 Å². The summed E-state index contributed by atoms with van der Waals surface area (Å²) in [6, 6.07) is 12.1. The molecule has 0 radical (unpaired) electrons. The Hall–Kier alpha value is -2.56. The molecule has 0 saturated heterocycles. The van der Waals surface area contributed by atoms with Crippen molar-refractivity contribution in [2.45, 2.75) is 5.92 Å². The summed E-state index contributed by atoms with van der Waals surface area (Å²) in [4.78, 5) is 11.8. The first kappa shape index (κ1) is 14.8. The standard InChI is InChI=1S/C16H15FO4/c1-20-16(19)13(11-5-4-6-12(17)9-11)10-21-15-8-3-2-7-14(15)18/h2-9,13,18H,10H2,1H3. The van der Waals surface area contributed by atoms with Crippen molar-refractivity contribution in [3.63, 3.8) is 0 Å². The quantitative estimate of drug-likeness (QED) is 0.860. The van der Waals surface area contributed by atoms with Gasteiger partial charge in [0.15, 0.2) is 11.5 Å². The highest BCUT2D eigenvalue weighted by Gasteiger charge is 2.23. The van der Waals surface area contributed by atoms with Gasteiger partial charge in [0.1, 0.15) is 18.3 Å². The molecule has 0 aliphatic heterocycles. The molecular formula is C16H15FO4. The summed E-state index contributed by atoms with van der Waals surface area (Å²) in [5.74, 6) is -1.52. The van der Waals surface area contributed by atoms with Crippen molar-refractivity contribution in [2.75, 3.05) is 13.7 Å². The summed E-state index contributed by atoms with van der Waals surface area (Å²) in [7, 11) is 1.26. The highest BCUT2D eigenvalue weighted by molar-refractivity contribution is 5.78. The van der Waals surface area contributed by atoms with E-state index in [4.69, 9.17) is 9.47 Å². The average Bonchev–Trinajstić information content (AvgIpc) is 2.49. The second-order valence-electron chi connectivity index (χ2n) is 4.41. The molecule has 0 spiro atoms. The predicted octanol–water partition coefficient (Wildman–Crippen LogP) is 2.87. The molecule has 2 aromatic carbocycles. The van der Waals surface area contributed by atoms with Crippen molar-refractivity contribution >= 4 is 5.97 Å². The molecule has 110 valence electrons. The minimum atomic E-state index is -0.773. The van der Waals surface area contributed by atoms with Gasteiger partial charge in [0.25, 0.3) is 0 Å². The Labute approximate surface area is 121 Å². The van der Waals surface area contributed by atoms with E-state index in [0.717, 1.165) is 0 Å². The second-order valence-corrected chi connectivity index (χ2v) is 4.41. The lowest BCUT2D eigenvalue weighted by Crippen LogP contribution is -2.21. The molecule has 21 heavy (non-hydrogen) atoms. The molecule has 2 rings (SSSR count). The van der Waals surface area contributed by atoms with Crippen molar-refractivity contribution < 1.29 is 23.8 Å². The zero-order chi connectivity index (χ0) is 15.2. The van der Waals surface area contributed by atoms with Gasteiger partial charge in [-0.3, -0.25) is 4.79 Å². The van der Waals surface area contributed by atoms with E-state index in [1.165, 1.54) is 31.4 Å². The molecule has 0 aliphatic rings. The Bertz CT molecular complexity index is 627. The topological polar surface area (TPSA) is 55.8 Å². The number of methoxy groups -OCH3 is 1. The second kappa shape index (κ2) is 6.74. The van der Waals surface area contributed by atoms with Crippen LogP contribution in [0.4, 0.5) is 4.39 Å². The Morgan fingerprint density at radius 1 is 1.24 bits per heavy atom. The number of hydrogen-bond acceptors (Lipinski definition) is 4. The number of phenols is 1. The zero-order valence-electron chi connectivity index (χ0n) is 11.5. The van der Waals surface area contributed by atoms with Gasteiger partial charge in [0.05, 0.1) is 7.11 Å². The molecule has 0 amide bonds. The van der Waals surface area contributed by atoms with E-state index >= 15 is 0 Å².